The minimum absolute atomic E-state index is 0.224. The number of imidazole rings is 1. The van der Waals surface area contributed by atoms with Gasteiger partial charge < -0.3 is 21.5 Å². The molecule has 5 N–H and O–H groups in total. The van der Waals surface area contributed by atoms with Crippen molar-refractivity contribution in [3.8, 4) is 5.75 Å². The molecule has 0 bridgehead atoms. The van der Waals surface area contributed by atoms with Gasteiger partial charge in [0.15, 0.2) is 11.5 Å². The number of nitrogens with zero attached hydrogens (tertiary/aromatic N) is 3. The molecular formula is C21H28N6O. The van der Waals surface area contributed by atoms with E-state index in [0.717, 1.165) is 54.1 Å². The van der Waals surface area contributed by atoms with Crippen LogP contribution < -0.4 is 16.4 Å². The van der Waals surface area contributed by atoms with E-state index in [9.17, 15) is 5.11 Å². The fourth-order valence-corrected chi connectivity index (χ4v) is 3.93. The van der Waals surface area contributed by atoms with E-state index >= 15 is 0 Å². The van der Waals surface area contributed by atoms with Crippen molar-refractivity contribution in [2.75, 3.05) is 10.6 Å². The van der Waals surface area contributed by atoms with Gasteiger partial charge in [0.1, 0.15) is 5.75 Å². The summed E-state index contributed by atoms with van der Waals surface area (Å²) in [5.41, 5.74) is 9.65. The van der Waals surface area contributed by atoms with Crippen LogP contribution in [0, 0.1) is 0 Å². The van der Waals surface area contributed by atoms with E-state index < -0.39 is 0 Å². The van der Waals surface area contributed by atoms with Crippen molar-refractivity contribution in [3.05, 3.63) is 42.2 Å². The van der Waals surface area contributed by atoms with Crippen molar-refractivity contribution in [1.29, 1.82) is 0 Å². The third kappa shape index (κ3) is 3.75. The number of anilines is 3. The zero-order chi connectivity index (χ0) is 19.7. The molecule has 0 spiro atoms. The first-order valence-corrected chi connectivity index (χ1v) is 9.96. The summed E-state index contributed by atoms with van der Waals surface area (Å²) in [4.78, 5) is 4.51. The third-order valence-corrected chi connectivity index (χ3v) is 5.38. The molecule has 148 valence electrons. The Bertz CT molecular complexity index is 959. The topological polar surface area (TPSA) is 100 Å². The monoisotopic (exact) mass is 380 g/mol. The maximum atomic E-state index is 9.84. The summed E-state index contributed by atoms with van der Waals surface area (Å²) >= 11 is 0. The third-order valence-electron chi connectivity index (χ3n) is 5.38. The van der Waals surface area contributed by atoms with Crippen LogP contribution in [0.1, 0.15) is 51.0 Å². The zero-order valence-corrected chi connectivity index (χ0v) is 16.4. The maximum Gasteiger partial charge on any atom is 0.177 e. The fraction of sp³-hybridized carbons (Fsp3) is 0.429. The van der Waals surface area contributed by atoms with Crippen molar-refractivity contribution in [2.24, 2.45) is 5.73 Å². The van der Waals surface area contributed by atoms with Crippen LogP contribution in [0.15, 0.2) is 36.7 Å². The summed E-state index contributed by atoms with van der Waals surface area (Å²) in [7, 11) is 0. The van der Waals surface area contributed by atoms with Gasteiger partial charge in [-0.3, -0.25) is 0 Å². The first-order valence-electron chi connectivity index (χ1n) is 9.96. The maximum absolute atomic E-state index is 9.84. The summed E-state index contributed by atoms with van der Waals surface area (Å²) in [6, 6.07) is 7.81. The van der Waals surface area contributed by atoms with Gasteiger partial charge in [0.2, 0.25) is 0 Å². The Morgan fingerprint density at radius 2 is 2.00 bits per heavy atom. The Balaban J connectivity index is 1.76. The molecule has 2 heterocycles. The summed E-state index contributed by atoms with van der Waals surface area (Å²) < 4.78 is 1.80. The highest BCUT2D eigenvalue weighted by atomic mass is 16.3. The lowest BCUT2D eigenvalue weighted by Crippen LogP contribution is -2.33. The average Bonchev–Trinajstić information content (AvgIpc) is 3.12. The molecule has 2 aromatic heterocycles. The van der Waals surface area contributed by atoms with Gasteiger partial charge in [-0.15, -0.1) is 5.10 Å². The Morgan fingerprint density at radius 1 is 1.21 bits per heavy atom. The number of fused-ring (bicyclic) bond motifs is 1. The van der Waals surface area contributed by atoms with Gasteiger partial charge in [-0.1, -0.05) is 19.9 Å². The smallest absolute Gasteiger partial charge is 0.177 e. The predicted octanol–water partition coefficient (Wildman–Crippen LogP) is 3.98. The molecule has 1 fully saturated rings. The lowest BCUT2D eigenvalue weighted by Gasteiger charge is -2.29. The molecule has 0 saturated heterocycles. The number of rotatable bonds is 5. The highest BCUT2D eigenvalue weighted by Gasteiger charge is 2.24. The minimum Gasteiger partial charge on any atom is -0.508 e. The van der Waals surface area contributed by atoms with Crippen molar-refractivity contribution in [2.45, 2.75) is 57.5 Å². The van der Waals surface area contributed by atoms with Crippen molar-refractivity contribution in [1.82, 2.24) is 14.6 Å². The molecule has 0 amide bonds. The number of aromatic nitrogens is 3. The normalized spacial score (nSPS) is 19.9. The van der Waals surface area contributed by atoms with E-state index in [0.29, 0.717) is 12.1 Å². The van der Waals surface area contributed by atoms with Crippen molar-refractivity contribution < 1.29 is 5.11 Å². The number of phenols is 1. The van der Waals surface area contributed by atoms with Crippen LogP contribution in [-0.2, 0) is 0 Å². The lowest BCUT2D eigenvalue weighted by atomic mass is 9.91. The zero-order valence-electron chi connectivity index (χ0n) is 16.4. The lowest BCUT2D eigenvalue weighted by molar-refractivity contribution is 0.410. The van der Waals surface area contributed by atoms with Gasteiger partial charge in [0, 0.05) is 41.8 Å². The van der Waals surface area contributed by atoms with Crippen LogP contribution in [0.5, 0.6) is 5.75 Å². The molecule has 3 aromatic rings. The number of hydrogen-bond acceptors (Lipinski definition) is 6. The van der Waals surface area contributed by atoms with Gasteiger partial charge >= 0.3 is 0 Å². The molecule has 7 heteroatoms. The summed E-state index contributed by atoms with van der Waals surface area (Å²) in [6.07, 6.45) is 7.79. The molecule has 1 aliphatic carbocycles. The molecule has 0 radical (unpaired) electrons. The number of aromatic hydroxyl groups is 1. The van der Waals surface area contributed by atoms with E-state index in [1.54, 1.807) is 22.8 Å². The van der Waals surface area contributed by atoms with E-state index in [1.165, 1.54) is 0 Å². The summed E-state index contributed by atoms with van der Waals surface area (Å²) in [5.74, 6) is 1.34. The molecule has 28 heavy (non-hydrogen) atoms. The van der Waals surface area contributed by atoms with E-state index in [2.05, 4.69) is 29.5 Å². The highest BCUT2D eigenvalue weighted by molar-refractivity contribution is 5.81. The molecule has 0 unspecified atom stereocenters. The first-order chi connectivity index (χ1) is 13.5. The second-order valence-electron chi connectivity index (χ2n) is 7.92. The fourth-order valence-electron chi connectivity index (χ4n) is 3.93. The molecule has 0 atom stereocenters. The molecule has 0 aliphatic heterocycles. The molecular weight excluding hydrogens is 352 g/mol. The molecule has 1 saturated carbocycles. The number of nitrogens with one attached hydrogen (secondary N) is 2. The van der Waals surface area contributed by atoms with Gasteiger partial charge in [-0.2, -0.15) is 0 Å². The van der Waals surface area contributed by atoms with Gasteiger partial charge in [0.25, 0.3) is 0 Å². The van der Waals surface area contributed by atoms with Crippen LogP contribution >= 0.6 is 0 Å². The molecule has 1 aromatic carbocycles. The van der Waals surface area contributed by atoms with E-state index in [1.807, 2.05) is 18.3 Å². The van der Waals surface area contributed by atoms with Crippen LogP contribution in [0.4, 0.5) is 17.2 Å². The van der Waals surface area contributed by atoms with Gasteiger partial charge in [-0.25, -0.2) is 9.50 Å². The largest absolute Gasteiger partial charge is 0.508 e. The Labute approximate surface area is 165 Å². The number of phenolic OH excluding ortho intramolecular Hbond substituents is 1. The highest BCUT2D eigenvalue weighted by Crippen LogP contribution is 2.36. The van der Waals surface area contributed by atoms with Crippen LogP contribution in [0.3, 0.4) is 0 Å². The van der Waals surface area contributed by atoms with E-state index in [-0.39, 0.29) is 11.7 Å². The summed E-state index contributed by atoms with van der Waals surface area (Å²) in [6.45, 7) is 4.32. The standard InChI is InChI=1S/C21H28N6O/c1-13(2)18-19(24-16-4-3-5-17(28)12-16)21-23-10-11-27(21)26-20(18)25-15-8-6-14(22)7-9-15/h3-5,10-15,24,28H,6-9,22H2,1-2H3,(H,25,26)/t14-,15-. The van der Waals surface area contributed by atoms with Crippen molar-refractivity contribution >= 4 is 22.8 Å². The quantitative estimate of drug-likeness (QED) is 0.534. The van der Waals surface area contributed by atoms with E-state index in [4.69, 9.17) is 10.8 Å². The van der Waals surface area contributed by atoms with Gasteiger partial charge in [0.05, 0.1) is 5.69 Å². The molecule has 4 rings (SSSR count). The van der Waals surface area contributed by atoms with Crippen LogP contribution in [0.2, 0.25) is 0 Å². The number of benzene rings is 1. The Hall–Kier alpha value is -2.80. The number of nitrogens with two attached hydrogens (primary N) is 1. The predicted molar refractivity (Wildman–Crippen MR) is 112 cm³/mol. The molecule has 7 nitrogen and oxygen atoms in total. The van der Waals surface area contributed by atoms with Crippen molar-refractivity contribution in [3.63, 3.8) is 0 Å². The van der Waals surface area contributed by atoms with Crippen LogP contribution in [0.25, 0.3) is 5.65 Å². The summed E-state index contributed by atoms with van der Waals surface area (Å²) in [5, 5.41) is 21.8. The molecule has 1 aliphatic rings. The Morgan fingerprint density at radius 3 is 2.71 bits per heavy atom. The van der Waals surface area contributed by atoms with Gasteiger partial charge in [-0.05, 0) is 43.7 Å². The SMILES string of the molecule is CC(C)c1c(N[C@H]2CC[C@H](N)CC2)nn2ccnc2c1Nc1cccc(O)c1. The Kier molecular flexibility index (Phi) is 5.09. The van der Waals surface area contributed by atoms with Crippen LogP contribution in [-0.4, -0.2) is 31.8 Å². The second kappa shape index (κ2) is 7.67. The second-order valence-corrected chi connectivity index (χ2v) is 7.92. The first kappa shape index (κ1) is 18.6. The minimum atomic E-state index is 0.224. The average molecular weight is 380 g/mol. The number of hydrogen-bond donors (Lipinski definition) is 4.